The largest absolute Gasteiger partial charge is 0.328 e. The minimum absolute atomic E-state index is 0.349. The first-order valence-electron chi connectivity index (χ1n) is 4.81. The standard InChI is InChI=1S/C10H18N2S/c1-8(2)5-9(11)3-4-10-6-12-7-13-10/h6-9H,3-5,11H2,1-2H3. The van der Waals surface area contributed by atoms with Crippen molar-refractivity contribution in [2.24, 2.45) is 11.7 Å². The van der Waals surface area contributed by atoms with Gasteiger partial charge in [0, 0.05) is 17.1 Å². The Bertz CT molecular complexity index is 219. The lowest BCUT2D eigenvalue weighted by Gasteiger charge is -2.12. The van der Waals surface area contributed by atoms with E-state index >= 15 is 0 Å². The quantitative estimate of drug-likeness (QED) is 0.789. The van der Waals surface area contributed by atoms with E-state index in [9.17, 15) is 0 Å². The van der Waals surface area contributed by atoms with Crippen LogP contribution in [0.4, 0.5) is 0 Å². The highest BCUT2D eigenvalue weighted by atomic mass is 32.1. The summed E-state index contributed by atoms with van der Waals surface area (Å²) >= 11 is 1.72. The molecule has 1 aromatic rings. The Labute approximate surface area is 84.2 Å². The van der Waals surface area contributed by atoms with Gasteiger partial charge in [0.05, 0.1) is 5.51 Å². The van der Waals surface area contributed by atoms with E-state index in [1.807, 2.05) is 11.7 Å². The molecule has 2 N–H and O–H groups in total. The molecule has 74 valence electrons. The normalized spacial score (nSPS) is 13.5. The van der Waals surface area contributed by atoms with E-state index in [1.165, 1.54) is 4.88 Å². The van der Waals surface area contributed by atoms with Crippen molar-refractivity contribution in [1.29, 1.82) is 0 Å². The van der Waals surface area contributed by atoms with E-state index in [0.29, 0.717) is 12.0 Å². The van der Waals surface area contributed by atoms with Crippen LogP contribution in [-0.4, -0.2) is 11.0 Å². The van der Waals surface area contributed by atoms with Crippen LogP contribution < -0.4 is 5.73 Å². The Balaban J connectivity index is 2.19. The second-order valence-electron chi connectivity index (χ2n) is 3.90. The van der Waals surface area contributed by atoms with Gasteiger partial charge in [0.2, 0.25) is 0 Å². The molecule has 0 amide bonds. The van der Waals surface area contributed by atoms with Crippen LogP contribution >= 0.6 is 11.3 Å². The van der Waals surface area contributed by atoms with Crippen LogP contribution in [0.5, 0.6) is 0 Å². The van der Waals surface area contributed by atoms with Gasteiger partial charge in [-0.1, -0.05) is 13.8 Å². The topological polar surface area (TPSA) is 38.9 Å². The first-order chi connectivity index (χ1) is 6.18. The highest BCUT2D eigenvalue weighted by Gasteiger charge is 2.05. The summed E-state index contributed by atoms with van der Waals surface area (Å²) in [6.45, 7) is 4.43. The van der Waals surface area contributed by atoms with E-state index in [4.69, 9.17) is 5.73 Å². The van der Waals surface area contributed by atoms with Gasteiger partial charge in [0.25, 0.3) is 0 Å². The summed E-state index contributed by atoms with van der Waals surface area (Å²) in [5.41, 5.74) is 7.85. The Morgan fingerprint density at radius 1 is 1.54 bits per heavy atom. The average Bonchev–Trinajstić information content (AvgIpc) is 2.51. The van der Waals surface area contributed by atoms with Crippen LogP contribution in [-0.2, 0) is 6.42 Å². The summed E-state index contributed by atoms with van der Waals surface area (Å²) in [4.78, 5) is 5.39. The first kappa shape index (κ1) is 10.7. The SMILES string of the molecule is CC(C)CC(N)CCc1cncs1. The van der Waals surface area contributed by atoms with E-state index in [2.05, 4.69) is 18.8 Å². The summed E-state index contributed by atoms with van der Waals surface area (Å²) in [7, 11) is 0. The molecule has 13 heavy (non-hydrogen) atoms. The molecule has 2 nitrogen and oxygen atoms in total. The summed E-state index contributed by atoms with van der Waals surface area (Å²) < 4.78 is 0. The zero-order valence-corrected chi connectivity index (χ0v) is 9.18. The molecule has 0 aliphatic rings. The zero-order valence-electron chi connectivity index (χ0n) is 8.36. The van der Waals surface area contributed by atoms with Crippen molar-refractivity contribution in [2.45, 2.75) is 39.2 Å². The third-order valence-electron chi connectivity index (χ3n) is 2.02. The van der Waals surface area contributed by atoms with E-state index in [0.717, 1.165) is 19.3 Å². The van der Waals surface area contributed by atoms with Gasteiger partial charge in [0.1, 0.15) is 0 Å². The molecule has 0 radical (unpaired) electrons. The van der Waals surface area contributed by atoms with Crippen LogP contribution in [0.1, 0.15) is 31.6 Å². The molecule has 1 heterocycles. The molecule has 1 rings (SSSR count). The molecule has 0 saturated carbocycles. The van der Waals surface area contributed by atoms with Crippen molar-refractivity contribution < 1.29 is 0 Å². The Morgan fingerprint density at radius 2 is 2.31 bits per heavy atom. The maximum atomic E-state index is 5.98. The third-order valence-corrected chi connectivity index (χ3v) is 2.86. The van der Waals surface area contributed by atoms with Crippen molar-refractivity contribution in [3.05, 3.63) is 16.6 Å². The van der Waals surface area contributed by atoms with Gasteiger partial charge in [-0.05, 0) is 25.2 Å². The summed E-state index contributed by atoms with van der Waals surface area (Å²) in [6, 6.07) is 0.349. The molecule has 0 aliphatic heterocycles. The lowest BCUT2D eigenvalue weighted by molar-refractivity contribution is 0.474. The van der Waals surface area contributed by atoms with Gasteiger partial charge in [-0.2, -0.15) is 0 Å². The number of aromatic nitrogens is 1. The number of thiazole rings is 1. The lowest BCUT2D eigenvalue weighted by Crippen LogP contribution is -2.22. The van der Waals surface area contributed by atoms with Gasteiger partial charge in [0.15, 0.2) is 0 Å². The smallest absolute Gasteiger partial charge is 0.0794 e. The third kappa shape index (κ3) is 4.39. The molecule has 0 fully saturated rings. The molecular weight excluding hydrogens is 180 g/mol. The molecule has 0 saturated heterocycles. The molecule has 1 atom stereocenters. The second-order valence-corrected chi connectivity index (χ2v) is 4.87. The van der Waals surface area contributed by atoms with Crippen LogP contribution in [0.15, 0.2) is 11.7 Å². The lowest BCUT2D eigenvalue weighted by atomic mass is 10.0. The Hall–Kier alpha value is -0.410. The summed E-state index contributed by atoms with van der Waals surface area (Å²) in [5.74, 6) is 0.705. The summed E-state index contributed by atoms with van der Waals surface area (Å²) in [6.07, 6.45) is 5.23. The molecule has 0 aliphatic carbocycles. The Kier molecular flexibility index (Phi) is 4.39. The molecule has 1 aromatic heterocycles. The zero-order chi connectivity index (χ0) is 9.68. The van der Waals surface area contributed by atoms with Crippen LogP contribution in [0, 0.1) is 5.92 Å². The fraction of sp³-hybridized carbons (Fsp3) is 0.700. The van der Waals surface area contributed by atoms with Gasteiger partial charge >= 0.3 is 0 Å². The summed E-state index contributed by atoms with van der Waals surface area (Å²) in [5, 5.41) is 0. The predicted octanol–water partition coefficient (Wildman–Crippen LogP) is 2.45. The number of nitrogens with zero attached hydrogens (tertiary/aromatic N) is 1. The van der Waals surface area contributed by atoms with Crippen LogP contribution in [0.2, 0.25) is 0 Å². The van der Waals surface area contributed by atoms with Gasteiger partial charge in [-0.25, -0.2) is 0 Å². The first-order valence-corrected chi connectivity index (χ1v) is 5.69. The predicted molar refractivity (Wildman–Crippen MR) is 57.9 cm³/mol. The number of aryl methyl sites for hydroxylation is 1. The van der Waals surface area contributed by atoms with Crippen LogP contribution in [0.25, 0.3) is 0 Å². The highest BCUT2D eigenvalue weighted by molar-refractivity contribution is 7.09. The van der Waals surface area contributed by atoms with E-state index in [-0.39, 0.29) is 0 Å². The number of rotatable bonds is 5. The number of hydrogen-bond acceptors (Lipinski definition) is 3. The highest BCUT2D eigenvalue weighted by Crippen LogP contribution is 2.12. The molecule has 0 aromatic carbocycles. The second kappa shape index (κ2) is 5.35. The maximum Gasteiger partial charge on any atom is 0.0794 e. The van der Waals surface area contributed by atoms with Crippen molar-refractivity contribution in [2.75, 3.05) is 0 Å². The van der Waals surface area contributed by atoms with Gasteiger partial charge in [-0.15, -0.1) is 11.3 Å². The van der Waals surface area contributed by atoms with E-state index in [1.54, 1.807) is 11.3 Å². The van der Waals surface area contributed by atoms with E-state index < -0.39 is 0 Å². The molecular formula is C10H18N2S. The minimum Gasteiger partial charge on any atom is -0.328 e. The van der Waals surface area contributed by atoms with Gasteiger partial charge in [-0.3, -0.25) is 4.98 Å². The number of nitrogens with two attached hydrogens (primary N) is 1. The average molecular weight is 198 g/mol. The monoisotopic (exact) mass is 198 g/mol. The molecule has 0 spiro atoms. The fourth-order valence-corrected chi connectivity index (χ4v) is 2.03. The molecule has 1 unspecified atom stereocenters. The van der Waals surface area contributed by atoms with Gasteiger partial charge < -0.3 is 5.73 Å². The molecule has 0 bridgehead atoms. The fourth-order valence-electron chi connectivity index (χ4n) is 1.42. The maximum absolute atomic E-state index is 5.98. The van der Waals surface area contributed by atoms with Crippen molar-refractivity contribution in [3.8, 4) is 0 Å². The molecule has 3 heteroatoms. The Morgan fingerprint density at radius 3 is 2.85 bits per heavy atom. The minimum atomic E-state index is 0.349. The van der Waals surface area contributed by atoms with Crippen molar-refractivity contribution >= 4 is 11.3 Å². The van der Waals surface area contributed by atoms with Crippen molar-refractivity contribution in [3.63, 3.8) is 0 Å². The van der Waals surface area contributed by atoms with Crippen molar-refractivity contribution in [1.82, 2.24) is 4.98 Å². The number of hydrogen-bond donors (Lipinski definition) is 1. The van der Waals surface area contributed by atoms with Crippen LogP contribution in [0.3, 0.4) is 0 Å².